The first-order valence-corrected chi connectivity index (χ1v) is 12.4. The van der Waals surface area contributed by atoms with Crippen molar-refractivity contribution in [3.63, 3.8) is 0 Å². The van der Waals surface area contributed by atoms with Crippen molar-refractivity contribution < 1.29 is 14.3 Å². The predicted octanol–water partition coefficient (Wildman–Crippen LogP) is 5.80. The number of hydrogen-bond acceptors (Lipinski definition) is 4. The molecule has 1 aliphatic rings. The van der Waals surface area contributed by atoms with Gasteiger partial charge in [0.25, 0.3) is 11.8 Å². The number of rotatable bonds is 8. The third-order valence-electron chi connectivity index (χ3n) is 7.18. The molecule has 32 heavy (non-hydrogen) atoms. The van der Waals surface area contributed by atoms with Crippen molar-refractivity contribution >= 4 is 28.2 Å². The monoisotopic (exact) mass is 456 g/mol. The normalized spacial score (nSPS) is 16.9. The van der Waals surface area contributed by atoms with E-state index < -0.39 is 12.0 Å². The average Bonchev–Trinajstić information content (AvgIpc) is 3.11. The summed E-state index contributed by atoms with van der Waals surface area (Å²) in [7, 11) is 0. The van der Waals surface area contributed by atoms with Crippen molar-refractivity contribution in [1.82, 2.24) is 0 Å². The first kappa shape index (κ1) is 24.3. The molecule has 0 unspecified atom stereocenters. The molecule has 0 bridgehead atoms. The number of primary amides is 1. The molecule has 5 nitrogen and oxygen atoms in total. The second kappa shape index (κ2) is 9.65. The molecule has 1 aromatic heterocycles. The number of anilines is 1. The highest BCUT2D eigenvalue weighted by atomic mass is 32.1. The minimum Gasteiger partial charge on any atom is -0.481 e. The van der Waals surface area contributed by atoms with Gasteiger partial charge in [0.1, 0.15) is 10.8 Å². The molecule has 6 heteroatoms. The van der Waals surface area contributed by atoms with Gasteiger partial charge in [-0.15, -0.1) is 11.3 Å². The van der Waals surface area contributed by atoms with Crippen molar-refractivity contribution in [3.05, 3.63) is 45.3 Å². The molecule has 0 aliphatic heterocycles. The summed E-state index contributed by atoms with van der Waals surface area (Å²) in [5, 5.41) is 3.53. The standard InChI is InChI=1S/C26H36N2O3S/c1-7-20(31-18-11-9-15(3)16(4)13-18)24(30)28-25-22(23(27)29)19-12-10-17(14-21(19)32-25)26(5,6)8-2/h9,11,13,17,20H,7-8,10,12,14H2,1-6H3,(H2,27,29)(H,28,30)/t17-,20-/m1/s1. The lowest BCUT2D eigenvalue weighted by molar-refractivity contribution is -0.122. The van der Waals surface area contributed by atoms with E-state index >= 15 is 0 Å². The summed E-state index contributed by atoms with van der Waals surface area (Å²) >= 11 is 1.50. The number of carbonyl (C=O) groups is 2. The number of benzene rings is 1. The number of ether oxygens (including phenoxy) is 1. The van der Waals surface area contributed by atoms with E-state index in [0.29, 0.717) is 28.7 Å². The van der Waals surface area contributed by atoms with Crippen molar-refractivity contribution in [2.24, 2.45) is 17.1 Å². The molecule has 0 saturated heterocycles. The van der Waals surface area contributed by atoms with Crippen LogP contribution < -0.4 is 15.8 Å². The van der Waals surface area contributed by atoms with Gasteiger partial charge >= 0.3 is 0 Å². The summed E-state index contributed by atoms with van der Waals surface area (Å²) in [5.41, 5.74) is 9.78. The van der Waals surface area contributed by atoms with E-state index in [1.807, 2.05) is 39.0 Å². The Hall–Kier alpha value is -2.34. The zero-order chi connectivity index (χ0) is 23.6. The van der Waals surface area contributed by atoms with Crippen LogP contribution in [-0.4, -0.2) is 17.9 Å². The first-order chi connectivity index (χ1) is 15.1. The molecule has 2 aromatic rings. The van der Waals surface area contributed by atoms with Gasteiger partial charge in [-0.3, -0.25) is 9.59 Å². The number of fused-ring (bicyclic) bond motifs is 1. The average molecular weight is 457 g/mol. The zero-order valence-electron chi connectivity index (χ0n) is 20.1. The van der Waals surface area contributed by atoms with Crippen LogP contribution in [0.2, 0.25) is 0 Å². The second-order valence-corrected chi connectivity index (χ2v) is 10.7. The first-order valence-electron chi connectivity index (χ1n) is 11.6. The largest absolute Gasteiger partial charge is 0.481 e. The minimum absolute atomic E-state index is 0.241. The van der Waals surface area contributed by atoms with Gasteiger partial charge in [0, 0.05) is 4.88 Å². The summed E-state index contributed by atoms with van der Waals surface area (Å²) < 4.78 is 5.99. The van der Waals surface area contributed by atoms with Gasteiger partial charge in [-0.05, 0) is 79.7 Å². The number of hydrogen-bond donors (Lipinski definition) is 2. The SMILES string of the molecule is CC[C@@H](Oc1ccc(C)c(C)c1)C(=O)Nc1sc2c(c1C(N)=O)CC[C@@H](C(C)(C)CC)C2. The van der Waals surface area contributed by atoms with Crippen LogP contribution in [0.1, 0.15) is 78.9 Å². The summed E-state index contributed by atoms with van der Waals surface area (Å²) in [6, 6.07) is 5.81. The van der Waals surface area contributed by atoms with Crippen LogP contribution in [0, 0.1) is 25.2 Å². The summed E-state index contributed by atoms with van der Waals surface area (Å²) in [6.45, 7) is 12.8. The Morgan fingerprint density at radius 2 is 1.97 bits per heavy atom. The van der Waals surface area contributed by atoms with E-state index in [-0.39, 0.29) is 11.3 Å². The number of amides is 2. The number of aryl methyl sites for hydroxylation is 2. The van der Waals surface area contributed by atoms with Crippen LogP contribution in [-0.2, 0) is 17.6 Å². The van der Waals surface area contributed by atoms with Crippen molar-refractivity contribution in [2.75, 3.05) is 5.32 Å². The van der Waals surface area contributed by atoms with Gasteiger partial charge in [0.2, 0.25) is 0 Å². The molecule has 174 valence electrons. The molecule has 1 heterocycles. The highest BCUT2D eigenvalue weighted by molar-refractivity contribution is 7.17. The Balaban J connectivity index is 1.82. The lowest BCUT2D eigenvalue weighted by Gasteiger charge is -2.36. The molecule has 0 saturated carbocycles. The fourth-order valence-electron chi connectivity index (χ4n) is 4.36. The highest BCUT2D eigenvalue weighted by Gasteiger charge is 2.35. The van der Waals surface area contributed by atoms with E-state index in [9.17, 15) is 9.59 Å². The summed E-state index contributed by atoms with van der Waals surface area (Å²) in [4.78, 5) is 26.6. The fourth-order valence-corrected chi connectivity index (χ4v) is 5.69. The molecule has 0 radical (unpaired) electrons. The van der Waals surface area contributed by atoms with Gasteiger partial charge in [0.05, 0.1) is 5.56 Å². The fraction of sp³-hybridized carbons (Fsp3) is 0.538. The smallest absolute Gasteiger partial charge is 0.266 e. The topological polar surface area (TPSA) is 81.4 Å². The van der Waals surface area contributed by atoms with E-state index in [2.05, 4.69) is 26.1 Å². The number of nitrogens with one attached hydrogen (secondary N) is 1. The van der Waals surface area contributed by atoms with E-state index in [4.69, 9.17) is 10.5 Å². The van der Waals surface area contributed by atoms with Crippen LogP contribution >= 0.6 is 11.3 Å². The molecule has 0 spiro atoms. The van der Waals surface area contributed by atoms with Crippen LogP contribution in [0.15, 0.2) is 18.2 Å². The summed E-state index contributed by atoms with van der Waals surface area (Å²) in [6.07, 6.45) is 3.76. The third-order valence-corrected chi connectivity index (χ3v) is 8.35. The predicted molar refractivity (Wildman–Crippen MR) is 132 cm³/mol. The van der Waals surface area contributed by atoms with E-state index in [1.165, 1.54) is 21.8 Å². The Morgan fingerprint density at radius 3 is 2.56 bits per heavy atom. The van der Waals surface area contributed by atoms with Gasteiger partial charge in [-0.1, -0.05) is 40.2 Å². The lowest BCUT2D eigenvalue weighted by Crippen LogP contribution is -2.33. The Kier molecular flexibility index (Phi) is 7.33. The lowest BCUT2D eigenvalue weighted by atomic mass is 9.69. The maximum atomic E-state index is 13.1. The molecule has 2 atom stereocenters. The number of nitrogens with two attached hydrogens (primary N) is 1. The molecule has 1 aliphatic carbocycles. The van der Waals surface area contributed by atoms with Gasteiger partial charge in [0.15, 0.2) is 6.10 Å². The molecule has 3 rings (SSSR count). The Labute approximate surface area is 195 Å². The zero-order valence-corrected chi connectivity index (χ0v) is 20.9. The van der Waals surface area contributed by atoms with Crippen LogP contribution in [0.5, 0.6) is 5.75 Å². The maximum absolute atomic E-state index is 13.1. The van der Waals surface area contributed by atoms with Crippen molar-refractivity contribution in [1.29, 1.82) is 0 Å². The van der Waals surface area contributed by atoms with Gasteiger partial charge < -0.3 is 15.8 Å². The third kappa shape index (κ3) is 5.01. The van der Waals surface area contributed by atoms with Crippen molar-refractivity contribution in [3.8, 4) is 5.75 Å². The van der Waals surface area contributed by atoms with Gasteiger partial charge in [-0.25, -0.2) is 0 Å². The Morgan fingerprint density at radius 1 is 1.25 bits per heavy atom. The van der Waals surface area contributed by atoms with E-state index in [0.717, 1.165) is 36.8 Å². The molecule has 2 amide bonds. The molecule has 1 aromatic carbocycles. The van der Waals surface area contributed by atoms with E-state index in [1.54, 1.807) is 0 Å². The Bertz CT molecular complexity index is 1010. The van der Waals surface area contributed by atoms with Gasteiger partial charge in [-0.2, -0.15) is 0 Å². The maximum Gasteiger partial charge on any atom is 0.266 e. The molecular weight excluding hydrogens is 420 g/mol. The van der Waals surface area contributed by atoms with Crippen LogP contribution in [0.3, 0.4) is 0 Å². The number of thiophene rings is 1. The second-order valence-electron chi connectivity index (χ2n) is 9.60. The van der Waals surface area contributed by atoms with Crippen LogP contribution in [0.25, 0.3) is 0 Å². The summed E-state index contributed by atoms with van der Waals surface area (Å²) in [5.74, 6) is 0.492. The quantitative estimate of drug-likeness (QED) is 0.527. The molecule has 0 fully saturated rings. The molecule has 3 N–H and O–H groups in total. The van der Waals surface area contributed by atoms with Crippen molar-refractivity contribution in [2.45, 2.75) is 79.8 Å². The minimum atomic E-state index is -0.649. The highest BCUT2D eigenvalue weighted by Crippen LogP contribution is 2.45. The number of carbonyl (C=O) groups excluding carboxylic acids is 2. The molecular formula is C26H36N2O3S. The van der Waals surface area contributed by atoms with Crippen LogP contribution in [0.4, 0.5) is 5.00 Å².